The van der Waals surface area contributed by atoms with Crippen molar-refractivity contribution >= 4 is 0 Å². The Morgan fingerprint density at radius 1 is 1.20 bits per heavy atom. The minimum atomic E-state index is 0.464. The zero-order valence-electron chi connectivity index (χ0n) is 12.6. The topological polar surface area (TPSA) is 34.1 Å². The van der Waals surface area contributed by atoms with E-state index >= 15 is 0 Å². The van der Waals surface area contributed by atoms with E-state index in [2.05, 4.69) is 44.1 Å². The first kappa shape index (κ1) is 14.5. The minimum absolute atomic E-state index is 0.464. The highest BCUT2D eigenvalue weighted by Gasteiger charge is 2.05. The molecule has 0 saturated carbocycles. The number of nitrogens with one attached hydrogen (secondary N) is 1. The quantitative estimate of drug-likeness (QED) is 0.892. The maximum Gasteiger partial charge on any atom is 0.219 e. The van der Waals surface area contributed by atoms with E-state index in [1.165, 1.54) is 11.1 Å². The van der Waals surface area contributed by atoms with Gasteiger partial charge in [0.1, 0.15) is 5.75 Å². The summed E-state index contributed by atoms with van der Waals surface area (Å²) in [6.07, 6.45) is 1.79. The highest BCUT2D eigenvalue weighted by Crippen LogP contribution is 2.25. The summed E-state index contributed by atoms with van der Waals surface area (Å²) in [5, 5.41) is 3.39. The molecule has 3 nitrogen and oxygen atoms in total. The van der Waals surface area contributed by atoms with Crippen LogP contribution in [0.15, 0.2) is 36.5 Å². The van der Waals surface area contributed by atoms with Gasteiger partial charge in [-0.25, -0.2) is 4.98 Å². The zero-order valence-corrected chi connectivity index (χ0v) is 12.6. The smallest absolute Gasteiger partial charge is 0.219 e. The molecule has 1 aromatic heterocycles. The van der Waals surface area contributed by atoms with Crippen molar-refractivity contribution in [3.05, 3.63) is 53.2 Å². The van der Waals surface area contributed by atoms with Crippen molar-refractivity contribution in [2.45, 2.75) is 40.3 Å². The van der Waals surface area contributed by atoms with Crippen LogP contribution in [-0.2, 0) is 6.54 Å². The molecule has 0 radical (unpaired) electrons. The highest BCUT2D eigenvalue weighted by molar-refractivity contribution is 5.40. The summed E-state index contributed by atoms with van der Waals surface area (Å²) in [4.78, 5) is 4.28. The second-order valence-corrected chi connectivity index (χ2v) is 5.34. The van der Waals surface area contributed by atoms with Gasteiger partial charge in [0.15, 0.2) is 0 Å². The number of aryl methyl sites for hydroxylation is 1. The molecule has 0 bridgehead atoms. The summed E-state index contributed by atoms with van der Waals surface area (Å²) in [7, 11) is 0. The number of aromatic nitrogens is 1. The van der Waals surface area contributed by atoms with Crippen LogP contribution < -0.4 is 10.1 Å². The van der Waals surface area contributed by atoms with Crippen molar-refractivity contribution in [2.24, 2.45) is 0 Å². The molecular weight excluding hydrogens is 248 g/mol. The predicted octanol–water partition coefficient (Wildman–Crippen LogP) is 3.99. The van der Waals surface area contributed by atoms with Crippen molar-refractivity contribution in [2.75, 3.05) is 0 Å². The first-order valence-electron chi connectivity index (χ1n) is 6.98. The van der Waals surface area contributed by atoms with Gasteiger partial charge in [0.25, 0.3) is 0 Å². The molecular formula is C17H22N2O. The van der Waals surface area contributed by atoms with Crippen molar-refractivity contribution in [3.63, 3.8) is 0 Å². The number of hydrogen-bond donors (Lipinski definition) is 1. The van der Waals surface area contributed by atoms with Gasteiger partial charge in [0.2, 0.25) is 5.88 Å². The van der Waals surface area contributed by atoms with E-state index in [1.807, 2.05) is 24.3 Å². The largest absolute Gasteiger partial charge is 0.439 e. The predicted molar refractivity (Wildman–Crippen MR) is 82.2 cm³/mol. The Kier molecular flexibility index (Phi) is 4.74. The van der Waals surface area contributed by atoms with Gasteiger partial charge < -0.3 is 10.1 Å². The zero-order chi connectivity index (χ0) is 14.5. The van der Waals surface area contributed by atoms with E-state index in [0.29, 0.717) is 11.9 Å². The molecule has 106 valence electrons. The molecule has 3 heteroatoms. The Balaban J connectivity index is 2.13. The molecule has 1 aromatic carbocycles. The van der Waals surface area contributed by atoms with Crippen LogP contribution in [0.4, 0.5) is 0 Å². The van der Waals surface area contributed by atoms with Crippen LogP contribution in [0.3, 0.4) is 0 Å². The average molecular weight is 270 g/mol. The van der Waals surface area contributed by atoms with E-state index < -0.39 is 0 Å². The van der Waals surface area contributed by atoms with Gasteiger partial charge in [-0.3, -0.25) is 0 Å². The second-order valence-electron chi connectivity index (χ2n) is 5.34. The Labute approximate surface area is 121 Å². The second kappa shape index (κ2) is 6.53. The molecule has 2 rings (SSSR count). The lowest BCUT2D eigenvalue weighted by Crippen LogP contribution is -2.21. The molecule has 0 spiro atoms. The fourth-order valence-electron chi connectivity index (χ4n) is 1.89. The number of ether oxygens (including phenoxy) is 1. The fourth-order valence-corrected chi connectivity index (χ4v) is 1.89. The maximum absolute atomic E-state index is 5.90. The summed E-state index contributed by atoms with van der Waals surface area (Å²) in [5.74, 6) is 1.51. The molecule has 20 heavy (non-hydrogen) atoms. The summed E-state index contributed by atoms with van der Waals surface area (Å²) in [6.45, 7) is 9.24. The number of hydrogen-bond acceptors (Lipinski definition) is 3. The molecule has 0 aliphatic carbocycles. The van der Waals surface area contributed by atoms with Crippen molar-refractivity contribution in [1.82, 2.24) is 10.3 Å². The molecule has 1 heterocycles. The van der Waals surface area contributed by atoms with Crippen LogP contribution in [0.2, 0.25) is 0 Å². The van der Waals surface area contributed by atoms with Crippen molar-refractivity contribution < 1.29 is 4.74 Å². The van der Waals surface area contributed by atoms with Crippen molar-refractivity contribution in [1.29, 1.82) is 0 Å². The lowest BCUT2D eigenvalue weighted by atomic mass is 10.1. The van der Waals surface area contributed by atoms with Gasteiger partial charge in [0.05, 0.1) is 0 Å². The summed E-state index contributed by atoms with van der Waals surface area (Å²) < 4.78 is 5.90. The normalized spacial score (nSPS) is 10.8. The molecule has 0 atom stereocenters. The minimum Gasteiger partial charge on any atom is -0.439 e. The number of rotatable bonds is 5. The van der Waals surface area contributed by atoms with E-state index in [1.54, 1.807) is 6.20 Å². The summed E-state index contributed by atoms with van der Waals surface area (Å²) in [5.41, 5.74) is 3.55. The standard InChI is InChI=1S/C17H22N2O/c1-12(2)19-11-15-8-9-18-17(10-15)20-16-7-5-6-13(3)14(16)4/h5-10,12,19H,11H2,1-4H3. The SMILES string of the molecule is Cc1cccc(Oc2cc(CNC(C)C)ccn2)c1C. The third-order valence-corrected chi connectivity index (χ3v) is 3.28. The van der Waals surface area contributed by atoms with E-state index in [4.69, 9.17) is 4.74 Å². The lowest BCUT2D eigenvalue weighted by Gasteiger charge is -2.11. The Bertz CT molecular complexity index is 579. The third kappa shape index (κ3) is 3.81. The van der Waals surface area contributed by atoms with Gasteiger partial charge in [-0.2, -0.15) is 0 Å². The van der Waals surface area contributed by atoms with Gasteiger partial charge in [-0.15, -0.1) is 0 Å². The van der Waals surface area contributed by atoms with Crippen LogP contribution in [0.1, 0.15) is 30.5 Å². The van der Waals surface area contributed by atoms with Gasteiger partial charge >= 0.3 is 0 Å². The van der Waals surface area contributed by atoms with Crippen molar-refractivity contribution in [3.8, 4) is 11.6 Å². The molecule has 1 N–H and O–H groups in total. The third-order valence-electron chi connectivity index (χ3n) is 3.28. The highest BCUT2D eigenvalue weighted by atomic mass is 16.5. The van der Waals surface area contributed by atoms with E-state index in [0.717, 1.165) is 17.9 Å². The first-order chi connectivity index (χ1) is 9.56. The van der Waals surface area contributed by atoms with Crippen LogP contribution in [0, 0.1) is 13.8 Å². The maximum atomic E-state index is 5.90. The number of nitrogens with zero attached hydrogens (tertiary/aromatic N) is 1. The Morgan fingerprint density at radius 3 is 2.75 bits per heavy atom. The Hall–Kier alpha value is -1.87. The molecule has 0 aliphatic rings. The number of benzene rings is 1. The summed E-state index contributed by atoms with van der Waals surface area (Å²) >= 11 is 0. The number of pyridine rings is 1. The Morgan fingerprint density at radius 2 is 2.00 bits per heavy atom. The van der Waals surface area contributed by atoms with E-state index in [-0.39, 0.29) is 0 Å². The molecule has 0 amide bonds. The van der Waals surface area contributed by atoms with Gasteiger partial charge in [-0.05, 0) is 42.7 Å². The van der Waals surface area contributed by atoms with Crippen LogP contribution in [-0.4, -0.2) is 11.0 Å². The summed E-state index contributed by atoms with van der Waals surface area (Å²) in [6, 6.07) is 10.5. The lowest BCUT2D eigenvalue weighted by molar-refractivity contribution is 0.457. The fraction of sp³-hybridized carbons (Fsp3) is 0.353. The van der Waals surface area contributed by atoms with Crippen LogP contribution in [0.25, 0.3) is 0 Å². The van der Waals surface area contributed by atoms with Crippen LogP contribution >= 0.6 is 0 Å². The average Bonchev–Trinajstić information content (AvgIpc) is 2.42. The molecule has 0 unspecified atom stereocenters. The first-order valence-corrected chi connectivity index (χ1v) is 6.98. The molecule has 0 saturated heterocycles. The van der Waals surface area contributed by atoms with Crippen LogP contribution in [0.5, 0.6) is 11.6 Å². The molecule has 2 aromatic rings. The van der Waals surface area contributed by atoms with Gasteiger partial charge in [-0.1, -0.05) is 26.0 Å². The molecule has 0 aliphatic heterocycles. The monoisotopic (exact) mass is 270 g/mol. The molecule has 0 fully saturated rings. The van der Waals surface area contributed by atoms with Gasteiger partial charge in [0, 0.05) is 24.8 Å². The van der Waals surface area contributed by atoms with E-state index in [9.17, 15) is 0 Å².